The summed E-state index contributed by atoms with van der Waals surface area (Å²) >= 11 is 6.21. The van der Waals surface area contributed by atoms with Gasteiger partial charge in [0.1, 0.15) is 17.7 Å². The molecule has 32 heavy (non-hydrogen) atoms. The predicted octanol–water partition coefficient (Wildman–Crippen LogP) is 5.06. The fourth-order valence-electron chi connectivity index (χ4n) is 3.76. The standard InChI is InChI=1S/C25H23ClN2O4/c1-31-19-10-7-15(8-11-19)21-14-22(20-13-18(26)9-12-23(20)29)28-24(27-21)16-3-5-17(6-4-16)25(30)32-2/h3-13,22,24,28-29H,14H2,1-2H3/t22-,24-/m1/s1. The molecule has 1 heterocycles. The van der Waals surface area contributed by atoms with Crippen molar-refractivity contribution in [2.24, 2.45) is 4.99 Å². The van der Waals surface area contributed by atoms with Crippen LogP contribution in [0.5, 0.6) is 11.5 Å². The lowest BCUT2D eigenvalue weighted by Crippen LogP contribution is -2.33. The summed E-state index contributed by atoms with van der Waals surface area (Å²) in [5, 5.41) is 14.5. The lowest BCUT2D eigenvalue weighted by atomic mass is 9.93. The number of carbonyl (C=O) groups is 1. The number of carbonyl (C=O) groups excluding carboxylic acids is 1. The molecule has 0 saturated carbocycles. The van der Waals surface area contributed by atoms with E-state index in [4.69, 9.17) is 26.1 Å². The Kier molecular flexibility index (Phi) is 6.44. The normalized spacial score (nSPS) is 18.0. The zero-order chi connectivity index (χ0) is 22.7. The topological polar surface area (TPSA) is 80.2 Å². The number of halogens is 1. The summed E-state index contributed by atoms with van der Waals surface area (Å²) in [4.78, 5) is 16.7. The van der Waals surface area contributed by atoms with Gasteiger partial charge in [0.25, 0.3) is 0 Å². The molecule has 1 aliphatic heterocycles. The number of hydrogen-bond acceptors (Lipinski definition) is 6. The van der Waals surface area contributed by atoms with E-state index < -0.39 is 5.97 Å². The zero-order valence-corrected chi connectivity index (χ0v) is 18.5. The minimum atomic E-state index is -0.391. The summed E-state index contributed by atoms with van der Waals surface area (Å²) in [5.74, 6) is 0.544. The molecule has 164 valence electrons. The lowest BCUT2D eigenvalue weighted by molar-refractivity contribution is 0.0600. The van der Waals surface area contributed by atoms with Gasteiger partial charge in [0.15, 0.2) is 0 Å². The Morgan fingerprint density at radius 2 is 1.78 bits per heavy atom. The van der Waals surface area contributed by atoms with Gasteiger partial charge in [-0.05, 0) is 65.7 Å². The summed E-state index contributed by atoms with van der Waals surface area (Å²) in [6.07, 6.45) is 0.188. The molecule has 0 saturated heterocycles. The van der Waals surface area contributed by atoms with Crippen LogP contribution in [0.3, 0.4) is 0 Å². The molecule has 1 aliphatic rings. The first-order valence-electron chi connectivity index (χ1n) is 10.1. The number of aliphatic imine (C=N–C) groups is 1. The minimum Gasteiger partial charge on any atom is -0.508 e. The molecule has 7 heteroatoms. The van der Waals surface area contributed by atoms with Crippen LogP contribution < -0.4 is 10.1 Å². The maximum absolute atomic E-state index is 11.8. The third-order valence-corrected chi connectivity index (χ3v) is 5.71. The SMILES string of the molecule is COC(=O)c1ccc([C@@H]2N=C(c3ccc(OC)cc3)C[C@H](c3cc(Cl)ccc3O)N2)cc1. The van der Waals surface area contributed by atoms with Crippen LogP contribution in [0, 0.1) is 0 Å². The van der Waals surface area contributed by atoms with Gasteiger partial charge in [-0.15, -0.1) is 0 Å². The second kappa shape index (κ2) is 9.42. The van der Waals surface area contributed by atoms with Gasteiger partial charge in [0, 0.05) is 28.8 Å². The Morgan fingerprint density at radius 1 is 1.06 bits per heavy atom. The summed E-state index contributed by atoms with van der Waals surface area (Å²) in [7, 11) is 2.98. The van der Waals surface area contributed by atoms with E-state index in [2.05, 4.69) is 5.32 Å². The highest BCUT2D eigenvalue weighted by molar-refractivity contribution is 6.30. The molecule has 4 rings (SSSR count). The van der Waals surface area contributed by atoms with E-state index in [-0.39, 0.29) is 18.0 Å². The summed E-state index contributed by atoms with van der Waals surface area (Å²) in [6, 6.07) is 19.7. The molecule has 0 fully saturated rings. The Labute approximate surface area is 191 Å². The van der Waals surface area contributed by atoms with Crippen molar-refractivity contribution in [1.29, 1.82) is 0 Å². The highest BCUT2D eigenvalue weighted by atomic mass is 35.5. The molecule has 0 bridgehead atoms. The molecular formula is C25H23ClN2O4. The van der Waals surface area contributed by atoms with Crippen LogP contribution in [-0.2, 0) is 4.74 Å². The first kappa shape index (κ1) is 21.9. The molecule has 2 atom stereocenters. The number of nitrogens with zero attached hydrogens (tertiary/aromatic N) is 1. The van der Waals surface area contributed by atoms with Crippen molar-refractivity contribution in [2.45, 2.75) is 18.6 Å². The van der Waals surface area contributed by atoms with Gasteiger partial charge in [-0.1, -0.05) is 23.7 Å². The van der Waals surface area contributed by atoms with Crippen molar-refractivity contribution in [3.8, 4) is 11.5 Å². The highest BCUT2D eigenvalue weighted by Gasteiger charge is 2.28. The third-order valence-electron chi connectivity index (χ3n) is 5.48. The average molecular weight is 451 g/mol. The van der Waals surface area contributed by atoms with Gasteiger partial charge in [-0.2, -0.15) is 0 Å². The molecule has 0 unspecified atom stereocenters. The van der Waals surface area contributed by atoms with Crippen LogP contribution >= 0.6 is 11.6 Å². The summed E-state index contributed by atoms with van der Waals surface area (Å²) in [6.45, 7) is 0. The summed E-state index contributed by atoms with van der Waals surface area (Å²) in [5.41, 5.74) is 3.91. The Morgan fingerprint density at radius 3 is 2.44 bits per heavy atom. The summed E-state index contributed by atoms with van der Waals surface area (Å²) < 4.78 is 10.1. The van der Waals surface area contributed by atoms with E-state index in [0.717, 1.165) is 22.6 Å². The van der Waals surface area contributed by atoms with E-state index in [1.165, 1.54) is 7.11 Å². The molecule has 2 N–H and O–H groups in total. The molecular weight excluding hydrogens is 428 g/mol. The third kappa shape index (κ3) is 4.61. The maximum Gasteiger partial charge on any atom is 0.337 e. The number of hydrogen-bond donors (Lipinski definition) is 2. The van der Waals surface area contributed by atoms with Crippen molar-refractivity contribution in [3.63, 3.8) is 0 Å². The highest BCUT2D eigenvalue weighted by Crippen LogP contribution is 2.36. The quantitative estimate of drug-likeness (QED) is 0.531. The van der Waals surface area contributed by atoms with E-state index in [9.17, 15) is 9.90 Å². The number of methoxy groups -OCH3 is 2. The fraction of sp³-hybridized carbons (Fsp3) is 0.200. The number of esters is 1. The molecule has 3 aromatic carbocycles. The van der Waals surface area contributed by atoms with Gasteiger partial charge in [-0.3, -0.25) is 10.3 Å². The molecule has 0 spiro atoms. The Balaban J connectivity index is 1.72. The number of phenolic OH excluding ortho intramolecular Hbond substituents is 1. The van der Waals surface area contributed by atoms with E-state index in [1.54, 1.807) is 37.4 Å². The van der Waals surface area contributed by atoms with Gasteiger partial charge in [0.2, 0.25) is 0 Å². The molecule has 0 radical (unpaired) electrons. The van der Waals surface area contributed by atoms with Crippen LogP contribution in [-0.4, -0.2) is 31.0 Å². The number of ether oxygens (including phenoxy) is 2. The van der Waals surface area contributed by atoms with Crippen LogP contribution in [0.4, 0.5) is 0 Å². The number of nitrogens with one attached hydrogen (secondary N) is 1. The van der Waals surface area contributed by atoms with Gasteiger partial charge < -0.3 is 14.6 Å². The van der Waals surface area contributed by atoms with E-state index in [0.29, 0.717) is 22.6 Å². The first-order chi connectivity index (χ1) is 15.5. The monoisotopic (exact) mass is 450 g/mol. The molecule has 3 aromatic rings. The number of benzene rings is 3. The Hall–Kier alpha value is -3.35. The lowest BCUT2D eigenvalue weighted by Gasteiger charge is -2.31. The van der Waals surface area contributed by atoms with Gasteiger partial charge >= 0.3 is 5.97 Å². The van der Waals surface area contributed by atoms with Crippen molar-refractivity contribution in [3.05, 3.63) is 94.0 Å². The Bertz CT molecular complexity index is 1140. The van der Waals surface area contributed by atoms with Crippen LogP contribution in [0.2, 0.25) is 5.02 Å². The van der Waals surface area contributed by atoms with Crippen LogP contribution in [0.15, 0.2) is 71.7 Å². The fourth-order valence-corrected chi connectivity index (χ4v) is 3.94. The first-order valence-corrected chi connectivity index (χ1v) is 10.5. The molecule has 0 aliphatic carbocycles. The minimum absolute atomic E-state index is 0.169. The molecule has 6 nitrogen and oxygen atoms in total. The van der Waals surface area contributed by atoms with Crippen molar-refractivity contribution < 1.29 is 19.4 Å². The van der Waals surface area contributed by atoms with Crippen molar-refractivity contribution >= 4 is 23.3 Å². The average Bonchev–Trinajstić information content (AvgIpc) is 2.85. The second-order valence-corrected chi connectivity index (χ2v) is 7.88. The number of aromatic hydroxyl groups is 1. The van der Waals surface area contributed by atoms with Gasteiger partial charge in [0.05, 0.1) is 19.8 Å². The number of phenols is 1. The maximum atomic E-state index is 11.8. The second-order valence-electron chi connectivity index (χ2n) is 7.45. The van der Waals surface area contributed by atoms with Crippen LogP contribution in [0.25, 0.3) is 0 Å². The molecule has 0 amide bonds. The molecule has 0 aromatic heterocycles. The zero-order valence-electron chi connectivity index (χ0n) is 17.7. The van der Waals surface area contributed by atoms with E-state index >= 15 is 0 Å². The smallest absolute Gasteiger partial charge is 0.337 e. The van der Waals surface area contributed by atoms with Crippen LogP contribution in [0.1, 0.15) is 45.7 Å². The van der Waals surface area contributed by atoms with E-state index in [1.807, 2.05) is 36.4 Å². The largest absolute Gasteiger partial charge is 0.508 e. The predicted molar refractivity (Wildman–Crippen MR) is 124 cm³/mol. The number of rotatable bonds is 5. The van der Waals surface area contributed by atoms with Crippen molar-refractivity contribution in [1.82, 2.24) is 5.32 Å². The van der Waals surface area contributed by atoms with Crippen molar-refractivity contribution in [2.75, 3.05) is 14.2 Å². The van der Waals surface area contributed by atoms with Gasteiger partial charge in [-0.25, -0.2) is 4.79 Å².